The first-order valence-electron chi connectivity index (χ1n) is 9.48. The number of ether oxygens (including phenoxy) is 1. The summed E-state index contributed by atoms with van der Waals surface area (Å²) in [7, 11) is 1.53. The van der Waals surface area contributed by atoms with Crippen LogP contribution in [0.3, 0.4) is 0 Å². The second-order valence-electron chi connectivity index (χ2n) is 7.20. The first-order valence-corrected chi connectivity index (χ1v) is 9.86. The van der Waals surface area contributed by atoms with Gasteiger partial charge in [-0.25, -0.2) is 0 Å². The highest BCUT2D eigenvalue weighted by molar-refractivity contribution is 6.31. The summed E-state index contributed by atoms with van der Waals surface area (Å²) in [6, 6.07) is 4.64. The number of amides is 2. The van der Waals surface area contributed by atoms with Crippen LogP contribution >= 0.6 is 11.6 Å². The van der Waals surface area contributed by atoms with Gasteiger partial charge in [0.2, 0.25) is 5.91 Å². The van der Waals surface area contributed by atoms with Gasteiger partial charge in [0.1, 0.15) is 11.8 Å². The number of carbonyl (C=O) groups excluding carboxylic acids is 2. The maximum absolute atomic E-state index is 13.1. The van der Waals surface area contributed by atoms with Crippen LogP contribution in [0.1, 0.15) is 49.4 Å². The Bertz CT molecular complexity index is 679. The Morgan fingerprint density at radius 2 is 2.00 bits per heavy atom. The minimum atomic E-state index is -0.373. The van der Waals surface area contributed by atoms with E-state index in [1.807, 2.05) is 4.90 Å². The Labute approximate surface area is 160 Å². The van der Waals surface area contributed by atoms with Crippen LogP contribution in [0.5, 0.6) is 5.75 Å². The maximum atomic E-state index is 13.1. The first-order chi connectivity index (χ1) is 12.5. The molecule has 0 radical (unpaired) electrons. The van der Waals surface area contributed by atoms with Gasteiger partial charge in [-0.2, -0.15) is 0 Å². The molecule has 1 aromatic rings. The molecule has 142 valence electrons. The molecule has 2 heterocycles. The molecule has 2 amide bonds. The Kier molecular flexibility index (Phi) is 6.07. The molecular formula is C20H27ClN2O3. The first kappa shape index (κ1) is 19.0. The fourth-order valence-corrected chi connectivity index (χ4v) is 4.25. The third-order valence-electron chi connectivity index (χ3n) is 5.60. The van der Waals surface area contributed by atoms with Gasteiger partial charge in [-0.15, -0.1) is 0 Å². The molecule has 2 unspecified atom stereocenters. The summed E-state index contributed by atoms with van der Waals surface area (Å²) < 4.78 is 5.32. The lowest BCUT2D eigenvalue weighted by atomic mass is 9.95. The molecule has 0 saturated carbocycles. The Hall–Kier alpha value is -1.75. The summed E-state index contributed by atoms with van der Waals surface area (Å²) in [5.74, 6) is 0.979. The molecule has 2 aliphatic rings. The molecule has 2 aliphatic heterocycles. The second kappa shape index (κ2) is 8.30. The lowest BCUT2D eigenvalue weighted by Crippen LogP contribution is -2.50. The van der Waals surface area contributed by atoms with Crippen molar-refractivity contribution in [3.8, 4) is 5.75 Å². The van der Waals surface area contributed by atoms with Gasteiger partial charge in [-0.1, -0.05) is 24.9 Å². The van der Waals surface area contributed by atoms with Gasteiger partial charge in [0.15, 0.2) is 0 Å². The summed E-state index contributed by atoms with van der Waals surface area (Å²) in [5, 5.41) is 0.484. The highest BCUT2D eigenvalue weighted by atomic mass is 35.5. The van der Waals surface area contributed by atoms with Crippen molar-refractivity contribution in [3.63, 3.8) is 0 Å². The van der Waals surface area contributed by atoms with Crippen molar-refractivity contribution in [1.82, 2.24) is 9.80 Å². The molecule has 0 N–H and O–H groups in total. The number of nitrogens with zero attached hydrogens (tertiary/aromatic N) is 2. The van der Waals surface area contributed by atoms with Gasteiger partial charge in [0.05, 0.1) is 12.7 Å². The highest BCUT2D eigenvalue weighted by Crippen LogP contribution is 2.29. The molecule has 1 aromatic carbocycles. The molecule has 2 fully saturated rings. The molecule has 2 saturated heterocycles. The van der Waals surface area contributed by atoms with E-state index in [0.29, 0.717) is 28.8 Å². The minimum absolute atomic E-state index is 0.0926. The number of benzene rings is 1. The predicted octanol–water partition coefficient (Wildman–Crippen LogP) is 3.60. The van der Waals surface area contributed by atoms with Crippen molar-refractivity contribution in [2.75, 3.05) is 26.7 Å². The number of halogens is 1. The van der Waals surface area contributed by atoms with Crippen molar-refractivity contribution >= 4 is 23.4 Å². The third-order valence-corrected chi connectivity index (χ3v) is 5.83. The number of hydrogen-bond acceptors (Lipinski definition) is 3. The van der Waals surface area contributed by atoms with Crippen LogP contribution in [0.25, 0.3) is 0 Å². The lowest BCUT2D eigenvalue weighted by molar-refractivity contribution is -0.137. The van der Waals surface area contributed by atoms with Crippen LogP contribution in [-0.2, 0) is 4.79 Å². The fraction of sp³-hybridized carbons (Fsp3) is 0.600. The third kappa shape index (κ3) is 3.83. The second-order valence-corrected chi connectivity index (χ2v) is 7.64. The molecule has 2 atom stereocenters. The summed E-state index contributed by atoms with van der Waals surface area (Å²) in [5.41, 5.74) is 0.421. The molecule has 0 aliphatic carbocycles. The number of piperidine rings is 1. The van der Waals surface area contributed by atoms with E-state index in [9.17, 15) is 9.59 Å². The van der Waals surface area contributed by atoms with E-state index in [4.69, 9.17) is 16.3 Å². The van der Waals surface area contributed by atoms with Gasteiger partial charge in [0, 0.05) is 24.7 Å². The number of carbonyl (C=O) groups is 2. The lowest BCUT2D eigenvalue weighted by Gasteiger charge is -2.36. The monoisotopic (exact) mass is 378 g/mol. The summed E-state index contributed by atoms with van der Waals surface area (Å²) in [6.45, 7) is 4.38. The zero-order valence-corrected chi connectivity index (χ0v) is 16.3. The molecule has 26 heavy (non-hydrogen) atoms. The van der Waals surface area contributed by atoms with E-state index in [1.54, 1.807) is 23.1 Å². The summed E-state index contributed by atoms with van der Waals surface area (Å²) in [6.07, 6.45) is 4.90. The number of methoxy groups -OCH3 is 1. The number of rotatable bonds is 4. The number of likely N-dealkylation sites (tertiary alicyclic amines) is 2. The SMILES string of the molecule is CCC1CCCN(C(=O)C2CCCN2C(=O)c2cc(Cl)ccc2OC)C1. The van der Waals surface area contributed by atoms with Crippen LogP contribution in [-0.4, -0.2) is 54.4 Å². The Morgan fingerprint density at radius 1 is 1.23 bits per heavy atom. The van der Waals surface area contributed by atoms with Gasteiger partial charge >= 0.3 is 0 Å². The summed E-state index contributed by atoms with van der Waals surface area (Å²) >= 11 is 6.08. The standard InChI is InChI=1S/C20H27ClN2O3/c1-3-14-6-4-10-22(13-14)20(25)17-7-5-11-23(17)19(24)16-12-15(21)8-9-18(16)26-2/h8-9,12,14,17H,3-7,10-11,13H2,1-2H3. The average molecular weight is 379 g/mol. The van der Waals surface area contributed by atoms with Crippen molar-refractivity contribution in [1.29, 1.82) is 0 Å². The topological polar surface area (TPSA) is 49.9 Å². The quantitative estimate of drug-likeness (QED) is 0.804. The fourth-order valence-electron chi connectivity index (χ4n) is 4.08. The van der Waals surface area contributed by atoms with Crippen molar-refractivity contribution in [2.24, 2.45) is 5.92 Å². The maximum Gasteiger partial charge on any atom is 0.258 e. The van der Waals surface area contributed by atoms with Crippen LogP contribution in [0.15, 0.2) is 18.2 Å². The predicted molar refractivity (Wildman–Crippen MR) is 102 cm³/mol. The van der Waals surface area contributed by atoms with E-state index in [2.05, 4.69) is 6.92 Å². The Balaban J connectivity index is 1.78. The smallest absolute Gasteiger partial charge is 0.258 e. The molecule has 0 spiro atoms. The molecule has 0 bridgehead atoms. The molecule has 6 heteroatoms. The molecule has 0 aromatic heterocycles. The van der Waals surface area contributed by atoms with E-state index in [0.717, 1.165) is 38.8 Å². The molecule has 5 nitrogen and oxygen atoms in total. The normalized spacial score (nSPS) is 23.2. The van der Waals surface area contributed by atoms with Crippen LogP contribution in [0.2, 0.25) is 5.02 Å². The zero-order valence-electron chi connectivity index (χ0n) is 15.5. The van der Waals surface area contributed by atoms with E-state index >= 15 is 0 Å². The van der Waals surface area contributed by atoms with Crippen LogP contribution < -0.4 is 4.74 Å². The van der Waals surface area contributed by atoms with E-state index in [-0.39, 0.29) is 17.9 Å². The van der Waals surface area contributed by atoms with Crippen LogP contribution in [0.4, 0.5) is 0 Å². The molecule has 3 rings (SSSR count). The minimum Gasteiger partial charge on any atom is -0.496 e. The van der Waals surface area contributed by atoms with Crippen molar-refractivity contribution < 1.29 is 14.3 Å². The van der Waals surface area contributed by atoms with Crippen LogP contribution in [0, 0.1) is 5.92 Å². The van der Waals surface area contributed by atoms with E-state index < -0.39 is 0 Å². The van der Waals surface area contributed by atoms with Crippen molar-refractivity contribution in [3.05, 3.63) is 28.8 Å². The van der Waals surface area contributed by atoms with Crippen molar-refractivity contribution in [2.45, 2.75) is 45.1 Å². The largest absolute Gasteiger partial charge is 0.496 e. The van der Waals surface area contributed by atoms with E-state index in [1.165, 1.54) is 13.5 Å². The van der Waals surface area contributed by atoms with Gasteiger partial charge < -0.3 is 14.5 Å². The van der Waals surface area contributed by atoms with Gasteiger partial charge in [0.25, 0.3) is 5.91 Å². The zero-order chi connectivity index (χ0) is 18.7. The summed E-state index contributed by atoms with van der Waals surface area (Å²) in [4.78, 5) is 29.9. The highest BCUT2D eigenvalue weighted by Gasteiger charge is 2.38. The van der Waals surface area contributed by atoms with Gasteiger partial charge in [-0.05, 0) is 49.8 Å². The molecular weight excluding hydrogens is 352 g/mol. The van der Waals surface area contributed by atoms with Gasteiger partial charge in [-0.3, -0.25) is 9.59 Å². The average Bonchev–Trinajstić information content (AvgIpc) is 3.16. The Morgan fingerprint density at radius 3 is 2.73 bits per heavy atom. The number of hydrogen-bond donors (Lipinski definition) is 0.